The summed E-state index contributed by atoms with van der Waals surface area (Å²) in [6, 6.07) is 15.5. The summed E-state index contributed by atoms with van der Waals surface area (Å²) in [5.74, 6) is -2.98. The van der Waals surface area contributed by atoms with Crippen LogP contribution >= 0.6 is 0 Å². The van der Waals surface area contributed by atoms with E-state index in [2.05, 4.69) is 15.0 Å². The molecule has 1 aliphatic rings. The molecule has 1 aliphatic heterocycles. The Balaban J connectivity index is 0.000000217. The third kappa shape index (κ3) is 8.34. The number of likely N-dealkylation sites (tertiary alicyclic amines) is 1. The zero-order valence-electron chi connectivity index (χ0n) is 24.6. The van der Waals surface area contributed by atoms with Crippen LogP contribution in [0.15, 0.2) is 102 Å². The van der Waals surface area contributed by atoms with Gasteiger partial charge in [-0.05, 0) is 55.0 Å². The minimum atomic E-state index is -5.92. The molecule has 1 aromatic heterocycles. The van der Waals surface area contributed by atoms with Crippen LogP contribution in [0.5, 0.6) is 0 Å². The molecule has 2 heterocycles. The maximum absolute atomic E-state index is 13.5. The van der Waals surface area contributed by atoms with E-state index in [0.29, 0.717) is 54.4 Å². The number of nitrogens with one attached hydrogen (secondary N) is 1. The van der Waals surface area contributed by atoms with Crippen molar-refractivity contribution in [2.75, 3.05) is 18.4 Å². The molecule has 0 radical (unpaired) electrons. The van der Waals surface area contributed by atoms with Gasteiger partial charge in [0.1, 0.15) is 17.5 Å². The molecule has 2 unspecified atom stereocenters. The minimum absolute atomic E-state index is 0.136. The number of ether oxygens (including phenoxy) is 1. The molecule has 256 valence electrons. The second-order valence-electron chi connectivity index (χ2n) is 10.3. The van der Waals surface area contributed by atoms with Crippen LogP contribution in [-0.4, -0.2) is 50.8 Å². The molecule has 3 aromatic carbocycles. The van der Waals surface area contributed by atoms with Crippen molar-refractivity contribution in [3.05, 3.63) is 126 Å². The first kappa shape index (κ1) is 36.4. The topological polar surface area (TPSA) is 71.5 Å². The van der Waals surface area contributed by atoms with Crippen molar-refractivity contribution < 1.29 is 53.3 Å². The number of hydrogen-bond donors (Lipinski definition) is 1. The Morgan fingerprint density at radius 3 is 1.98 bits per heavy atom. The number of hydrogen-bond acceptors (Lipinski definition) is 4. The van der Waals surface area contributed by atoms with Gasteiger partial charge in [-0.1, -0.05) is 36.4 Å². The van der Waals surface area contributed by atoms with Gasteiger partial charge in [0.25, 0.3) is 5.60 Å². The highest BCUT2D eigenvalue weighted by Crippen LogP contribution is 2.53. The fourth-order valence-electron chi connectivity index (χ4n) is 4.74. The van der Waals surface area contributed by atoms with E-state index >= 15 is 0 Å². The third-order valence-electron chi connectivity index (χ3n) is 7.19. The average Bonchev–Trinajstić information content (AvgIpc) is 3.53. The fourth-order valence-corrected chi connectivity index (χ4v) is 6.17. The van der Waals surface area contributed by atoms with Crippen molar-refractivity contribution in [2.24, 2.45) is 0 Å². The predicted octanol–water partition coefficient (Wildman–Crippen LogP) is 8.14. The standard InChI is InChI=1S/C16H10F8O.C16H16FN3O2S/c17-12-7-4-8-13(18)11(12)9-25-14(15(19,20)21,16(22,23)24)10-5-2-1-3-6-10;17-12-1-3-14(4-2-12)23(22)15-7-10-20(11-15)16(21)19-13-5-8-18-9-6-13/h1-8H,9H2;1-6,8-9,15H,7,10-11H2,(H,18,19,21). The summed E-state index contributed by atoms with van der Waals surface area (Å²) in [5.41, 5.74) is -6.33. The van der Waals surface area contributed by atoms with Gasteiger partial charge in [0, 0.05) is 47.2 Å². The van der Waals surface area contributed by atoms with E-state index in [1.165, 1.54) is 30.3 Å². The SMILES string of the molecule is Fc1cccc(F)c1COC(c1ccccc1)(C(F)(F)F)C(F)(F)F.O=C(Nc1ccncc1)N1CCC(S(=O)c2ccc(F)cc2)C1. The molecular weight excluding hydrogens is 677 g/mol. The second kappa shape index (κ2) is 15.2. The monoisotopic (exact) mass is 703 g/mol. The Morgan fingerprint density at radius 1 is 0.833 bits per heavy atom. The van der Waals surface area contributed by atoms with Crippen LogP contribution in [0, 0.1) is 17.5 Å². The van der Waals surface area contributed by atoms with E-state index in [0.717, 1.165) is 18.2 Å². The van der Waals surface area contributed by atoms with Crippen LogP contribution in [0.25, 0.3) is 0 Å². The average molecular weight is 704 g/mol. The first-order valence-corrected chi connectivity index (χ1v) is 15.2. The lowest BCUT2D eigenvalue weighted by atomic mass is 9.91. The molecule has 2 amide bonds. The van der Waals surface area contributed by atoms with Crippen LogP contribution in [0.2, 0.25) is 0 Å². The van der Waals surface area contributed by atoms with Crippen LogP contribution < -0.4 is 5.32 Å². The van der Waals surface area contributed by atoms with E-state index in [1.807, 2.05) is 0 Å². The number of carbonyl (C=O) groups is 1. The van der Waals surface area contributed by atoms with Gasteiger partial charge < -0.3 is 15.0 Å². The van der Waals surface area contributed by atoms with Crippen molar-refractivity contribution in [2.45, 2.75) is 41.1 Å². The van der Waals surface area contributed by atoms with Crippen LogP contribution in [0.3, 0.4) is 0 Å². The second-order valence-corrected chi connectivity index (χ2v) is 12.0. The number of urea groups is 1. The molecule has 48 heavy (non-hydrogen) atoms. The Morgan fingerprint density at radius 2 is 1.42 bits per heavy atom. The molecule has 0 bridgehead atoms. The molecule has 1 N–H and O–H groups in total. The Bertz CT molecular complexity index is 1660. The molecule has 0 spiro atoms. The molecular formula is C32H26F9N3O3S. The van der Waals surface area contributed by atoms with Crippen molar-refractivity contribution >= 4 is 22.5 Å². The van der Waals surface area contributed by atoms with Crippen LogP contribution in [-0.2, 0) is 27.7 Å². The molecule has 2 atom stereocenters. The molecule has 0 aliphatic carbocycles. The number of nitrogens with zero attached hydrogens (tertiary/aromatic N) is 2. The van der Waals surface area contributed by atoms with E-state index in [1.54, 1.807) is 29.4 Å². The highest BCUT2D eigenvalue weighted by atomic mass is 32.2. The first-order valence-electron chi connectivity index (χ1n) is 14.0. The van der Waals surface area contributed by atoms with Gasteiger partial charge in [-0.25, -0.2) is 18.0 Å². The number of amides is 2. The van der Waals surface area contributed by atoms with Gasteiger partial charge in [0.15, 0.2) is 0 Å². The zero-order valence-corrected chi connectivity index (χ0v) is 25.4. The van der Waals surface area contributed by atoms with Crippen molar-refractivity contribution in [3.63, 3.8) is 0 Å². The lowest BCUT2D eigenvalue weighted by Crippen LogP contribution is -2.55. The van der Waals surface area contributed by atoms with Gasteiger partial charge in [-0.2, -0.15) is 26.3 Å². The van der Waals surface area contributed by atoms with Gasteiger partial charge in [0.05, 0.1) is 22.7 Å². The predicted molar refractivity (Wildman–Crippen MR) is 157 cm³/mol. The number of halogens is 9. The van der Waals surface area contributed by atoms with E-state index in [9.17, 15) is 48.5 Å². The molecule has 16 heteroatoms. The maximum Gasteiger partial charge on any atom is 0.430 e. The minimum Gasteiger partial charge on any atom is -0.349 e. The number of rotatable bonds is 7. The lowest BCUT2D eigenvalue weighted by Gasteiger charge is -2.37. The first-order chi connectivity index (χ1) is 22.6. The van der Waals surface area contributed by atoms with Crippen molar-refractivity contribution in [1.82, 2.24) is 9.88 Å². The van der Waals surface area contributed by atoms with Crippen molar-refractivity contribution in [1.29, 1.82) is 0 Å². The highest BCUT2D eigenvalue weighted by Gasteiger charge is 2.73. The summed E-state index contributed by atoms with van der Waals surface area (Å²) < 4.78 is 137. The summed E-state index contributed by atoms with van der Waals surface area (Å²) in [4.78, 5) is 18.3. The molecule has 4 aromatic rings. The number of anilines is 1. The Labute approximate surface area is 271 Å². The highest BCUT2D eigenvalue weighted by molar-refractivity contribution is 7.85. The summed E-state index contributed by atoms with van der Waals surface area (Å²) >= 11 is 0. The summed E-state index contributed by atoms with van der Waals surface area (Å²) in [6.07, 6.45) is -7.98. The van der Waals surface area contributed by atoms with E-state index in [4.69, 9.17) is 0 Å². The Kier molecular flexibility index (Phi) is 11.5. The quantitative estimate of drug-likeness (QED) is 0.198. The van der Waals surface area contributed by atoms with Gasteiger partial charge in [-0.15, -0.1) is 0 Å². The third-order valence-corrected chi connectivity index (χ3v) is 8.91. The summed E-state index contributed by atoms with van der Waals surface area (Å²) in [5, 5.41) is 2.65. The van der Waals surface area contributed by atoms with Crippen LogP contribution in [0.1, 0.15) is 17.5 Å². The molecule has 1 fully saturated rings. The largest absolute Gasteiger partial charge is 0.430 e. The van der Waals surface area contributed by atoms with Gasteiger partial charge in [-0.3, -0.25) is 9.19 Å². The Hall–Kier alpha value is -4.44. The number of carbonyl (C=O) groups excluding carboxylic acids is 1. The summed E-state index contributed by atoms with van der Waals surface area (Å²) in [7, 11) is -1.25. The van der Waals surface area contributed by atoms with Gasteiger partial charge >= 0.3 is 18.4 Å². The fraction of sp³-hybridized carbons (Fsp3) is 0.250. The van der Waals surface area contributed by atoms with E-state index < -0.39 is 58.1 Å². The molecule has 1 saturated heterocycles. The number of alkyl halides is 6. The molecule has 6 nitrogen and oxygen atoms in total. The van der Waals surface area contributed by atoms with Crippen molar-refractivity contribution in [3.8, 4) is 0 Å². The number of pyridine rings is 1. The number of aromatic nitrogens is 1. The summed E-state index contributed by atoms with van der Waals surface area (Å²) in [6.45, 7) is -0.595. The van der Waals surface area contributed by atoms with E-state index in [-0.39, 0.29) is 17.1 Å². The molecule has 5 rings (SSSR count). The maximum atomic E-state index is 13.5. The number of benzene rings is 3. The normalized spacial score (nSPS) is 15.8. The lowest BCUT2D eigenvalue weighted by molar-refractivity contribution is -0.392. The zero-order chi connectivity index (χ0) is 35.1. The van der Waals surface area contributed by atoms with Gasteiger partial charge in [0.2, 0.25) is 0 Å². The molecule has 0 saturated carbocycles. The smallest absolute Gasteiger partial charge is 0.349 e. The van der Waals surface area contributed by atoms with Crippen LogP contribution in [0.4, 0.5) is 50.0 Å².